The largest absolute Gasteiger partial charge is 0.378 e. The molecule has 0 radical (unpaired) electrons. The van der Waals surface area contributed by atoms with E-state index in [4.69, 9.17) is 9.72 Å². The van der Waals surface area contributed by atoms with Crippen molar-refractivity contribution in [3.05, 3.63) is 45.4 Å². The Balaban J connectivity index is 1.82. The third kappa shape index (κ3) is 4.24. The van der Waals surface area contributed by atoms with Gasteiger partial charge in [0, 0.05) is 45.5 Å². The molecule has 0 aliphatic carbocycles. The zero-order valence-electron chi connectivity index (χ0n) is 18.6. The molecule has 2 aliphatic rings. The molecule has 9 nitrogen and oxygen atoms in total. The van der Waals surface area contributed by atoms with Crippen LogP contribution in [0.1, 0.15) is 18.1 Å². The molecule has 0 spiro atoms. The van der Waals surface area contributed by atoms with Gasteiger partial charge in [0.25, 0.3) is 11.5 Å². The molecule has 9 heteroatoms. The topological polar surface area (TPSA) is 94.2 Å². The van der Waals surface area contributed by atoms with Gasteiger partial charge in [-0.15, -0.1) is 0 Å². The van der Waals surface area contributed by atoms with Gasteiger partial charge < -0.3 is 19.4 Å². The Morgan fingerprint density at radius 1 is 1.22 bits per heavy atom. The minimum atomic E-state index is -0.383. The fourth-order valence-electron chi connectivity index (χ4n) is 4.17. The second-order valence-electron chi connectivity index (χ2n) is 8.03. The van der Waals surface area contributed by atoms with Gasteiger partial charge in [0.2, 0.25) is 0 Å². The summed E-state index contributed by atoms with van der Waals surface area (Å²) in [6.07, 6.45) is 3.09. The number of fused-ring (bicyclic) bond motifs is 1. The minimum absolute atomic E-state index is 0.0631. The quantitative estimate of drug-likeness (QED) is 0.519. The molecule has 4 rings (SSSR count). The first-order chi connectivity index (χ1) is 15.5. The predicted molar refractivity (Wildman–Crippen MR) is 122 cm³/mol. The third-order valence-corrected chi connectivity index (χ3v) is 6.12. The summed E-state index contributed by atoms with van der Waals surface area (Å²) in [5.41, 5.74) is 1.40. The molecule has 168 valence electrons. The molecule has 4 heterocycles. The number of amides is 1. The first-order valence-corrected chi connectivity index (χ1v) is 11.0. The van der Waals surface area contributed by atoms with Crippen LogP contribution in [0.5, 0.6) is 0 Å². The van der Waals surface area contributed by atoms with Crippen LogP contribution in [0.3, 0.4) is 0 Å². The van der Waals surface area contributed by atoms with Gasteiger partial charge in [0.1, 0.15) is 23.1 Å². The summed E-state index contributed by atoms with van der Waals surface area (Å²) in [6, 6.07) is 5.72. The molecule has 0 saturated carbocycles. The lowest BCUT2D eigenvalue weighted by Gasteiger charge is -2.35. The lowest BCUT2D eigenvalue weighted by atomic mass is 10.1. The SMILES string of the molecule is CCN1CCN(c2nc3c(C)cccn3c(=O)c2C=C(C#N)C(=O)N2CCOCC2)CC1. The van der Waals surface area contributed by atoms with Crippen LogP contribution in [0.25, 0.3) is 11.7 Å². The van der Waals surface area contributed by atoms with Crippen molar-refractivity contribution in [1.82, 2.24) is 19.2 Å². The van der Waals surface area contributed by atoms with Gasteiger partial charge in [0.15, 0.2) is 0 Å². The van der Waals surface area contributed by atoms with E-state index in [1.54, 1.807) is 17.2 Å². The standard InChI is InChI=1S/C23H28N6O3/c1-3-26-7-9-27(10-8-26)21-19(23(31)29-6-4-5-17(2)20(29)25-21)15-18(16-24)22(30)28-11-13-32-14-12-28/h4-6,15H,3,7-14H2,1-2H3. The van der Waals surface area contributed by atoms with E-state index >= 15 is 0 Å². The first kappa shape index (κ1) is 22.0. The number of aromatic nitrogens is 2. The summed E-state index contributed by atoms with van der Waals surface area (Å²) in [7, 11) is 0. The number of aryl methyl sites for hydroxylation is 1. The van der Waals surface area contributed by atoms with Crippen LogP contribution in [0, 0.1) is 18.3 Å². The maximum Gasteiger partial charge on any atom is 0.267 e. The van der Waals surface area contributed by atoms with Gasteiger partial charge in [-0.3, -0.25) is 14.0 Å². The second kappa shape index (κ2) is 9.51. The molecule has 2 aromatic rings. The number of piperazine rings is 1. The van der Waals surface area contributed by atoms with Gasteiger partial charge >= 0.3 is 0 Å². The molecule has 2 aromatic heterocycles. The average Bonchev–Trinajstić information content (AvgIpc) is 2.84. The second-order valence-corrected chi connectivity index (χ2v) is 8.03. The highest BCUT2D eigenvalue weighted by molar-refractivity contribution is 6.02. The number of nitrogens with zero attached hydrogens (tertiary/aromatic N) is 6. The molecule has 2 saturated heterocycles. The van der Waals surface area contributed by atoms with E-state index in [-0.39, 0.29) is 22.6 Å². The number of carbonyl (C=O) groups excluding carboxylic acids is 1. The van der Waals surface area contributed by atoms with Crippen molar-refractivity contribution in [3.63, 3.8) is 0 Å². The molecule has 2 fully saturated rings. The molecule has 0 aromatic carbocycles. The Hall–Kier alpha value is -3.22. The Morgan fingerprint density at radius 3 is 2.59 bits per heavy atom. The fourth-order valence-corrected chi connectivity index (χ4v) is 4.17. The summed E-state index contributed by atoms with van der Waals surface area (Å²) in [5, 5.41) is 9.76. The highest BCUT2D eigenvalue weighted by atomic mass is 16.5. The number of pyridine rings is 1. The van der Waals surface area contributed by atoms with Crippen LogP contribution in [0.15, 0.2) is 28.7 Å². The maximum absolute atomic E-state index is 13.5. The van der Waals surface area contributed by atoms with Crippen molar-refractivity contribution in [2.45, 2.75) is 13.8 Å². The van der Waals surface area contributed by atoms with Crippen molar-refractivity contribution in [2.24, 2.45) is 0 Å². The number of ether oxygens (including phenoxy) is 1. The fraction of sp³-hybridized carbons (Fsp3) is 0.478. The number of morpholine rings is 1. The number of hydrogen-bond acceptors (Lipinski definition) is 7. The van der Waals surface area contributed by atoms with E-state index in [0.29, 0.717) is 37.8 Å². The van der Waals surface area contributed by atoms with E-state index < -0.39 is 0 Å². The van der Waals surface area contributed by atoms with Gasteiger partial charge in [-0.25, -0.2) is 4.98 Å². The Kier molecular flexibility index (Phi) is 6.53. The van der Waals surface area contributed by atoms with Crippen LogP contribution in [0.2, 0.25) is 0 Å². The van der Waals surface area contributed by atoms with Gasteiger partial charge in [-0.05, 0) is 31.2 Å². The molecule has 0 atom stereocenters. The Bertz CT molecular complexity index is 1130. The lowest BCUT2D eigenvalue weighted by Crippen LogP contribution is -2.47. The van der Waals surface area contributed by atoms with Crippen molar-refractivity contribution < 1.29 is 9.53 Å². The number of likely N-dealkylation sites (N-methyl/N-ethyl adjacent to an activating group) is 1. The van der Waals surface area contributed by atoms with E-state index in [9.17, 15) is 14.9 Å². The molecule has 0 bridgehead atoms. The number of nitriles is 1. The first-order valence-electron chi connectivity index (χ1n) is 11.0. The molecular formula is C23H28N6O3. The van der Waals surface area contributed by atoms with Crippen LogP contribution in [0.4, 0.5) is 5.82 Å². The monoisotopic (exact) mass is 436 g/mol. The summed E-state index contributed by atoms with van der Waals surface area (Å²) in [4.78, 5) is 37.3. The molecule has 32 heavy (non-hydrogen) atoms. The molecule has 1 amide bonds. The Labute approximate surface area is 187 Å². The summed E-state index contributed by atoms with van der Waals surface area (Å²) in [6.45, 7) is 9.94. The van der Waals surface area contributed by atoms with E-state index in [1.165, 1.54) is 10.5 Å². The molecule has 0 N–H and O–H groups in total. The highest BCUT2D eigenvalue weighted by Crippen LogP contribution is 2.22. The van der Waals surface area contributed by atoms with Gasteiger partial charge in [0.05, 0.1) is 18.8 Å². The molecular weight excluding hydrogens is 408 g/mol. The normalized spacial score (nSPS) is 18.1. The van der Waals surface area contributed by atoms with Gasteiger partial charge in [-0.2, -0.15) is 5.26 Å². The lowest BCUT2D eigenvalue weighted by molar-refractivity contribution is -0.130. The number of carbonyl (C=O) groups is 1. The third-order valence-electron chi connectivity index (χ3n) is 6.12. The van der Waals surface area contributed by atoms with Gasteiger partial charge in [-0.1, -0.05) is 13.0 Å². The van der Waals surface area contributed by atoms with Crippen molar-refractivity contribution in [2.75, 3.05) is 63.9 Å². The number of anilines is 1. The van der Waals surface area contributed by atoms with Crippen LogP contribution < -0.4 is 10.5 Å². The summed E-state index contributed by atoms with van der Waals surface area (Å²) >= 11 is 0. The summed E-state index contributed by atoms with van der Waals surface area (Å²) < 4.78 is 6.79. The average molecular weight is 437 g/mol. The smallest absolute Gasteiger partial charge is 0.267 e. The van der Waals surface area contributed by atoms with Crippen LogP contribution in [-0.2, 0) is 9.53 Å². The van der Waals surface area contributed by atoms with Crippen molar-refractivity contribution in [3.8, 4) is 6.07 Å². The maximum atomic E-state index is 13.5. The minimum Gasteiger partial charge on any atom is -0.378 e. The van der Waals surface area contributed by atoms with E-state index in [2.05, 4.69) is 16.7 Å². The number of rotatable bonds is 4. The molecule has 2 aliphatic heterocycles. The van der Waals surface area contributed by atoms with Crippen molar-refractivity contribution in [1.29, 1.82) is 5.26 Å². The summed E-state index contributed by atoms with van der Waals surface area (Å²) in [5.74, 6) is 0.147. The zero-order valence-corrected chi connectivity index (χ0v) is 18.6. The van der Waals surface area contributed by atoms with Crippen LogP contribution >= 0.6 is 0 Å². The zero-order chi connectivity index (χ0) is 22.7. The van der Waals surface area contributed by atoms with Crippen molar-refractivity contribution >= 4 is 23.4 Å². The Morgan fingerprint density at radius 2 is 1.94 bits per heavy atom. The highest BCUT2D eigenvalue weighted by Gasteiger charge is 2.25. The van der Waals surface area contributed by atoms with E-state index in [0.717, 1.165) is 38.3 Å². The molecule has 0 unspecified atom stereocenters. The van der Waals surface area contributed by atoms with E-state index in [1.807, 2.05) is 19.1 Å². The number of hydrogen-bond donors (Lipinski definition) is 0. The van der Waals surface area contributed by atoms with Crippen LogP contribution in [-0.4, -0.2) is 84.1 Å². The predicted octanol–water partition coefficient (Wildman–Crippen LogP) is 0.911.